The van der Waals surface area contributed by atoms with Crippen LogP contribution in [0, 0.1) is 20.8 Å². The van der Waals surface area contributed by atoms with Crippen LogP contribution in [0.25, 0.3) is 10.8 Å². The first-order valence-electron chi connectivity index (χ1n) is 11.7. The van der Waals surface area contributed by atoms with Gasteiger partial charge in [0, 0.05) is 5.39 Å². The first kappa shape index (κ1) is 23.0. The average molecular weight is 480 g/mol. The van der Waals surface area contributed by atoms with Crippen LogP contribution in [0.4, 0.5) is 0 Å². The smallest absolute Gasteiger partial charge is 0.267 e. The van der Waals surface area contributed by atoms with Gasteiger partial charge in [-0.2, -0.15) is 0 Å². The largest absolute Gasteiger partial charge is 0.580 e. The Kier molecular flexibility index (Phi) is 6.44. The Hall–Kier alpha value is -3.81. The standard InChI is InChI=1S/C31H28O3P/c1-23-13-4-9-19-28(23)32-35(33-29-20-10-5-14-24(29)2,34-30-21-11-6-15-25(30)3)31-22-12-17-26-16-7-8-18-27(26)31/h4-22H,1-3H3/q+1. The number of rotatable bonds is 7. The summed E-state index contributed by atoms with van der Waals surface area (Å²) < 4.78 is 20.7. The zero-order valence-electron chi connectivity index (χ0n) is 20.1. The number of aryl methyl sites for hydroxylation is 3. The van der Waals surface area contributed by atoms with Gasteiger partial charge in [-0.3, -0.25) is 13.6 Å². The van der Waals surface area contributed by atoms with Crippen LogP contribution in [0.2, 0.25) is 0 Å². The third kappa shape index (κ3) is 4.73. The van der Waals surface area contributed by atoms with Gasteiger partial charge < -0.3 is 0 Å². The molecule has 0 N–H and O–H groups in total. The molecule has 174 valence electrons. The Balaban J connectivity index is 1.79. The average Bonchev–Trinajstić information content (AvgIpc) is 2.88. The van der Waals surface area contributed by atoms with Crippen molar-refractivity contribution in [2.24, 2.45) is 0 Å². The van der Waals surface area contributed by atoms with Gasteiger partial charge in [-0.1, -0.05) is 91.0 Å². The molecule has 3 nitrogen and oxygen atoms in total. The number of para-hydroxylation sites is 3. The van der Waals surface area contributed by atoms with Crippen molar-refractivity contribution in [3.8, 4) is 17.2 Å². The summed E-state index contributed by atoms with van der Waals surface area (Å²) in [5.41, 5.74) is 3.04. The van der Waals surface area contributed by atoms with Crippen LogP contribution in [0.1, 0.15) is 16.7 Å². The second-order valence-corrected chi connectivity index (χ2v) is 10.6. The zero-order valence-corrected chi connectivity index (χ0v) is 21.0. The van der Waals surface area contributed by atoms with Gasteiger partial charge >= 0.3 is 7.94 Å². The molecule has 0 radical (unpaired) electrons. The molecule has 0 aliphatic heterocycles. The van der Waals surface area contributed by atoms with E-state index in [4.69, 9.17) is 13.6 Å². The maximum atomic E-state index is 6.91. The maximum absolute atomic E-state index is 6.91. The lowest BCUT2D eigenvalue weighted by Gasteiger charge is -2.25. The van der Waals surface area contributed by atoms with E-state index < -0.39 is 7.94 Å². The van der Waals surface area contributed by atoms with Crippen molar-refractivity contribution in [1.82, 2.24) is 0 Å². The normalized spacial score (nSPS) is 11.3. The van der Waals surface area contributed by atoms with Crippen LogP contribution in [-0.2, 0) is 0 Å². The Morgan fingerprint density at radius 1 is 0.429 bits per heavy atom. The molecule has 0 saturated heterocycles. The van der Waals surface area contributed by atoms with Crippen LogP contribution in [0.5, 0.6) is 17.2 Å². The molecule has 0 aromatic heterocycles. The van der Waals surface area contributed by atoms with E-state index in [0.717, 1.165) is 50.0 Å². The fourth-order valence-corrected chi connectivity index (χ4v) is 6.58. The highest BCUT2D eigenvalue weighted by atomic mass is 31.2. The highest BCUT2D eigenvalue weighted by Crippen LogP contribution is 2.61. The summed E-state index contributed by atoms with van der Waals surface area (Å²) in [4.78, 5) is 0. The van der Waals surface area contributed by atoms with E-state index in [1.165, 1.54) is 0 Å². The Bertz CT molecular complexity index is 1360. The van der Waals surface area contributed by atoms with Gasteiger partial charge in [0.25, 0.3) is 0 Å². The number of benzene rings is 5. The molecule has 5 aromatic carbocycles. The van der Waals surface area contributed by atoms with E-state index in [1.807, 2.05) is 112 Å². The van der Waals surface area contributed by atoms with Gasteiger partial charge in [0.05, 0.1) is 0 Å². The first-order chi connectivity index (χ1) is 17.1. The van der Waals surface area contributed by atoms with Crippen molar-refractivity contribution < 1.29 is 13.6 Å². The Morgan fingerprint density at radius 2 is 0.829 bits per heavy atom. The monoisotopic (exact) mass is 479 g/mol. The SMILES string of the molecule is Cc1ccccc1O[P+](Oc1ccccc1C)(Oc1ccccc1C)c1cccc2ccccc12. The molecule has 0 atom stereocenters. The van der Waals surface area contributed by atoms with Crippen molar-refractivity contribution in [3.05, 3.63) is 132 Å². The lowest BCUT2D eigenvalue weighted by atomic mass is 10.1. The zero-order chi connectivity index (χ0) is 24.3. The summed E-state index contributed by atoms with van der Waals surface area (Å²) in [6.07, 6.45) is 0. The molecule has 0 heterocycles. The molecule has 0 spiro atoms. The lowest BCUT2D eigenvalue weighted by molar-refractivity contribution is 0.366. The van der Waals surface area contributed by atoms with E-state index in [2.05, 4.69) is 24.3 Å². The second kappa shape index (κ2) is 9.82. The van der Waals surface area contributed by atoms with E-state index in [-0.39, 0.29) is 0 Å². The van der Waals surface area contributed by atoms with Gasteiger partial charge in [0.15, 0.2) is 17.2 Å². The van der Waals surface area contributed by atoms with Gasteiger partial charge in [-0.15, -0.1) is 0 Å². The molecule has 0 fully saturated rings. The third-order valence-electron chi connectivity index (χ3n) is 6.00. The van der Waals surface area contributed by atoms with Crippen molar-refractivity contribution in [1.29, 1.82) is 0 Å². The minimum Gasteiger partial charge on any atom is -0.267 e. The summed E-state index contributed by atoms with van der Waals surface area (Å²) in [6.45, 7) is 6.11. The summed E-state index contributed by atoms with van der Waals surface area (Å²) in [7, 11) is -3.24. The van der Waals surface area contributed by atoms with E-state index in [0.29, 0.717) is 0 Å². The summed E-state index contributed by atoms with van der Waals surface area (Å²) in [5.74, 6) is 2.20. The topological polar surface area (TPSA) is 27.7 Å². The van der Waals surface area contributed by atoms with Gasteiger partial charge in [-0.25, -0.2) is 0 Å². The molecule has 0 aliphatic carbocycles. The number of hydrogen-bond acceptors (Lipinski definition) is 3. The molecule has 0 aliphatic rings. The molecule has 5 rings (SSSR count). The van der Waals surface area contributed by atoms with Crippen LogP contribution >= 0.6 is 7.94 Å². The highest BCUT2D eigenvalue weighted by Gasteiger charge is 2.55. The first-order valence-corrected chi connectivity index (χ1v) is 13.2. The van der Waals surface area contributed by atoms with Crippen LogP contribution in [0.3, 0.4) is 0 Å². The van der Waals surface area contributed by atoms with Crippen LogP contribution < -0.4 is 18.9 Å². The highest BCUT2D eigenvalue weighted by molar-refractivity contribution is 7.71. The molecular formula is C31H28O3P+. The molecule has 4 heteroatoms. The number of fused-ring (bicyclic) bond motifs is 1. The van der Waals surface area contributed by atoms with Crippen molar-refractivity contribution in [2.45, 2.75) is 20.8 Å². The Morgan fingerprint density at radius 3 is 1.31 bits per heavy atom. The van der Waals surface area contributed by atoms with E-state index in [9.17, 15) is 0 Å². The predicted octanol–water partition coefficient (Wildman–Crippen LogP) is 8.39. The van der Waals surface area contributed by atoms with Crippen LogP contribution in [0.15, 0.2) is 115 Å². The Labute approximate surface area is 207 Å². The van der Waals surface area contributed by atoms with Crippen LogP contribution in [-0.4, -0.2) is 0 Å². The van der Waals surface area contributed by atoms with Crippen molar-refractivity contribution in [2.75, 3.05) is 0 Å². The molecular weight excluding hydrogens is 451 g/mol. The minimum absolute atomic E-state index is 0.732. The second-order valence-electron chi connectivity index (χ2n) is 8.57. The van der Waals surface area contributed by atoms with Gasteiger partial charge in [0.1, 0.15) is 0 Å². The summed E-state index contributed by atoms with van der Waals surface area (Å²) in [5, 5.41) is 3.04. The number of hydrogen-bond donors (Lipinski definition) is 0. The summed E-state index contributed by atoms with van der Waals surface area (Å²) in [6, 6.07) is 38.4. The molecule has 0 saturated carbocycles. The molecule has 0 amide bonds. The summed E-state index contributed by atoms with van der Waals surface area (Å²) >= 11 is 0. The fraction of sp³-hybridized carbons (Fsp3) is 0.0968. The van der Waals surface area contributed by atoms with Gasteiger partial charge in [0.2, 0.25) is 5.30 Å². The molecule has 35 heavy (non-hydrogen) atoms. The third-order valence-corrected chi connectivity index (χ3v) is 8.29. The quantitative estimate of drug-likeness (QED) is 0.219. The fourth-order valence-electron chi connectivity index (χ4n) is 4.02. The van der Waals surface area contributed by atoms with E-state index >= 15 is 0 Å². The molecule has 0 unspecified atom stereocenters. The molecule has 5 aromatic rings. The van der Waals surface area contributed by atoms with Crippen molar-refractivity contribution in [3.63, 3.8) is 0 Å². The van der Waals surface area contributed by atoms with Crippen molar-refractivity contribution >= 4 is 24.0 Å². The van der Waals surface area contributed by atoms with E-state index in [1.54, 1.807) is 0 Å². The predicted molar refractivity (Wildman–Crippen MR) is 146 cm³/mol. The lowest BCUT2D eigenvalue weighted by Crippen LogP contribution is -2.27. The minimum atomic E-state index is -3.24. The van der Waals surface area contributed by atoms with Gasteiger partial charge in [-0.05, 0) is 67.1 Å². The molecule has 0 bridgehead atoms. The maximum Gasteiger partial charge on any atom is 0.580 e.